The maximum absolute atomic E-state index is 12.3. The number of thioether (sulfide) groups is 1. The van der Waals surface area contributed by atoms with Gasteiger partial charge in [0.1, 0.15) is 0 Å². The SMILES string of the molecule is COc1ccc(C=NNC(=O)CSC2CN(C(c3ccccc3)c3ccccc3)C2)cc1OC. The highest BCUT2D eigenvalue weighted by Gasteiger charge is 2.34. The Morgan fingerprint density at radius 1 is 1.00 bits per heavy atom. The first-order valence-electron chi connectivity index (χ1n) is 11.2. The molecule has 34 heavy (non-hydrogen) atoms. The van der Waals surface area contributed by atoms with Gasteiger partial charge in [0.2, 0.25) is 5.91 Å². The van der Waals surface area contributed by atoms with Crippen molar-refractivity contribution in [3.05, 3.63) is 95.6 Å². The molecule has 1 fully saturated rings. The van der Waals surface area contributed by atoms with Crippen molar-refractivity contribution in [2.45, 2.75) is 11.3 Å². The Morgan fingerprint density at radius 2 is 1.62 bits per heavy atom. The molecular formula is C27H29N3O3S. The third-order valence-corrected chi connectivity index (χ3v) is 6.93. The third-order valence-electron chi connectivity index (χ3n) is 5.73. The lowest BCUT2D eigenvalue weighted by Gasteiger charge is -2.44. The largest absolute Gasteiger partial charge is 0.493 e. The van der Waals surface area contributed by atoms with E-state index in [4.69, 9.17) is 9.47 Å². The number of hydrogen-bond acceptors (Lipinski definition) is 6. The summed E-state index contributed by atoms with van der Waals surface area (Å²) in [5.74, 6) is 1.54. The lowest BCUT2D eigenvalue weighted by molar-refractivity contribution is -0.118. The summed E-state index contributed by atoms with van der Waals surface area (Å²) in [6.07, 6.45) is 1.60. The molecule has 1 N–H and O–H groups in total. The van der Waals surface area contributed by atoms with Gasteiger partial charge in [0, 0.05) is 18.3 Å². The zero-order valence-electron chi connectivity index (χ0n) is 19.4. The fraction of sp³-hybridized carbons (Fsp3) is 0.259. The van der Waals surface area contributed by atoms with Gasteiger partial charge in [0.25, 0.3) is 0 Å². The standard InChI is InChI=1S/C27H29N3O3S/c1-32-24-14-13-20(15-25(24)33-2)16-28-29-26(31)19-34-23-17-30(18-23)27(21-9-5-3-6-10-21)22-11-7-4-8-12-22/h3-16,23,27H,17-19H2,1-2H3,(H,29,31). The summed E-state index contributed by atoms with van der Waals surface area (Å²) in [6.45, 7) is 1.89. The third kappa shape index (κ3) is 5.98. The van der Waals surface area contributed by atoms with Gasteiger partial charge in [-0.25, -0.2) is 5.43 Å². The second kappa shape index (κ2) is 11.7. The molecule has 0 unspecified atom stereocenters. The van der Waals surface area contributed by atoms with Crippen LogP contribution in [0.3, 0.4) is 0 Å². The van der Waals surface area contributed by atoms with Gasteiger partial charge >= 0.3 is 0 Å². The normalized spacial score (nSPS) is 14.2. The molecule has 1 aliphatic rings. The van der Waals surface area contributed by atoms with Crippen LogP contribution in [-0.4, -0.2) is 55.3 Å². The Labute approximate surface area is 205 Å². The van der Waals surface area contributed by atoms with E-state index in [1.54, 1.807) is 38.3 Å². The van der Waals surface area contributed by atoms with Crippen molar-refractivity contribution in [1.82, 2.24) is 10.3 Å². The number of rotatable bonds is 10. The minimum absolute atomic E-state index is 0.108. The molecule has 176 valence electrons. The first-order valence-corrected chi connectivity index (χ1v) is 12.2. The van der Waals surface area contributed by atoms with Crippen LogP contribution in [0.15, 0.2) is 84.0 Å². The second-order valence-electron chi connectivity index (χ2n) is 8.02. The Morgan fingerprint density at radius 3 is 2.21 bits per heavy atom. The van der Waals surface area contributed by atoms with E-state index in [2.05, 4.69) is 64.0 Å². The van der Waals surface area contributed by atoms with Crippen LogP contribution in [0.5, 0.6) is 11.5 Å². The smallest absolute Gasteiger partial charge is 0.250 e. The van der Waals surface area contributed by atoms with Crippen LogP contribution in [0.25, 0.3) is 0 Å². The number of benzene rings is 3. The highest BCUT2D eigenvalue weighted by atomic mass is 32.2. The van der Waals surface area contributed by atoms with E-state index in [1.807, 2.05) is 24.3 Å². The molecule has 3 aromatic rings. The van der Waals surface area contributed by atoms with Crippen molar-refractivity contribution in [2.75, 3.05) is 33.1 Å². The molecule has 0 atom stereocenters. The molecule has 1 saturated heterocycles. The van der Waals surface area contributed by atoms with E-state index in [-0.39, 0.29) is 11.9 Å². The fourth-order valence-electron chi connectivity index (χ4n) is 4.01. The van der Waals surface area contributed by atoms with Crippen molar-refractivity contribution in [1.29, 1.82) is 0 Å². The predicted octanol–water partition coefficient (Wildman–Crippen LogP) is 4.36. The molecule has 0 radical (unpaired) electrons. The van der Waals surface area contributed by atoms with Gasteiger partial charge in [-0.2, -0.15) is 5.10 Å². The summed E-state index contributed by atoms with van der Waals surface area (Å²) >= 11 is 1.68. The maximum Gasteiger partial charge on any atom is 0.250 e. The zero-order valence-corrected chi connectivity index (χ0v) is 20.2. The number of amides is 1. The van der Waals surface area contributed by atoms with Crippen LogP contribution < -0.4 is 14.9 Å². The van der Waals surface area contributed by atoms with Gasteiger partial charge in [-0.1, -0.05) is 60.7 Å². The van der Waals surface area contributed by atoms with E-state index in [0.29, 0.717) is 22.5 Å². The Bertz CT molecular complexity index is 1060. The van der Waals surface area contributed by atoms with E-state index < -0.39 is 0 Å². The molecule has 0 spiro atoms. The molecule has 0 saturated carbocycles. The Hall–Kier alpha value is -3.29. The predicted molar refractivity (Wildman–Crippen MR) is 138 cm³/mol. The van der Waals surface area contributed by atoms with Crippen LogP contribution >= 0.6 is 11.8 Å². The number of carbonyl (C=O) groups is 1. The number of nitrogens with zero attached hydrogens (tertiary/aromatic N) is 2. The van der Waals surface area contributed by atoms with Gasteiger partial charge in [0.05, 0.1) is 32.2 Å². The van der Waals surface area contributed by atoms with Crippen LogP contribution in [0.1, 0.15) is 22.7 Å². The molecule has 1 aliphatic heterocycles. The Balaban J connectivity index is 1.26. The number of carbonyl (C=O) groups excluding carboxylic acids is 1. The average Bonchev–Trinajstić information content (AvgIpc) is 2.86. The van der Waals surface area contributed by atoms with Gasteiger partial charge in [0.15, 0.2) is 11.5 Å². The number of hydrazone groups is 1. The van der Waals surface area contributed by atoms with E-state index in [1.165, 1.54) is 11.1 Å². The highest BCUT2D eigenvalue weighted by Crippen LogP contribution is 2.35. The van der Waals surface area contributed by atoms with E-state index >= 15 is 0 Å². The first-order chi connectivity index (χ1) is 16.7. The van der Waals surface area contributed by atoms with Crippen molar-refractivity contribution >= 4 is 23.9 Å². The van der Waals surface area contributed by atoms with Crippen LogP contribution in [-0.2, 0) is 4.79 Å². The summed E-state index contributed by atoms with van der Waals surface area (Å²) < 4.78 is 10.5. The van der Waals surface area contributed by atoms with Crippen LogP contribution in [0.2, 0.25) is 0 Å². The minimum atomic E-state index is -0.108. The number of nitrogens with one attached hydrogen (secondary N) is 1. The number of likely N-dealkylation sites (tertiary alicyclic amines) is 1. The average molecular weight is 476 g/mol. The molecular weight excluding hydrogens is 446 g/mol. The lowest BCUT2D eigenvalue weighted by atomic mass is 9.94. The second-order valence-corrected chi connectivity index (χ2v) is 9.31. The first kappa shape index (κ1) is 23.9. The van der Waals surface area contributed by atoms with Gasteiger partial charge in [-0.3, -0.25) is 9.69 Å². The van der Waals surface area contributed by atoms with Gasteiger partial charge in [-0.05, 0) is 34.9 Å². The quantitative estimate of drug-likeness (QED) is 0.349. The number of ether oxygens (including phenoxy) is 2. The summed E-state index contributed by atoms with van der Waals surface area (Å²) in [5.41, 5.74) is 6.01. The monoisotopic (exact) mass is 475 g/mol. The summed E-state index contributed by atoms with van der Waals surface area (Å²) in [5, 5.41) is 4.50. The molecule has 4 rings (SSSR count). The minimum Gasteiger partial charge on any atom is -0.493 e. The van der Waals surface area contributed by atoms with Gasteiger partial charge in [-0.15, -0.1) is 11.8 Å². The van der Waals surface area contributed by atoms with Crippen molar-refractivity contribution in [2.24, 2.45) is 5.10 Å². The van der Waals surface area contributed by atoms with E-state index in [9.17, 15) is 4.79 Å². The molecule has 0 aliphatic carbocycles. The molecule has 1 heterocycles. The van der Waals surface area contributed by atoms with Crippen LogP contribution in [0.4, 0.5) is 0 Å². The molecule has 1 amide bonds. The fourth-order valence-corrected chi connectivity index (χ4v) is 5.05. The molecule has 0 aromatic heterocycles. The molecule has 6 nitrogen and oxygen atoms in total. The topological polar surface area (TPSA) is 63.2 Å². The van der Waals surface area contributed by atoms with Gasteiger partial charge < -0.3 is 9.47 Å². The van der Waals surface area contributed by atoms with E-state index in [0.717, 1.165) is 18.7 Å². The molecule has 0 bridgehead atoms. The van der Waals surface area contributed by atoms with Crippen molar-refractivity contribution in [3.8, 4) is 11.5 Å². The van der Waals surface area contributed by atoms with Crippen molar-refractivity contribution in [3.63, 3.8) is 0 Å². The molecule has 7 heteroatoms. The summed E-state index contributed by atoms with van der Waals surface area (Å²) in [4.78, 5) is 14.7. The highest BCUT2D eigenvalue weighted by molar-refractivity contribution is 8.00. The van der Waals surface area contributed by atoms with Crippen LogP contribution in [0, 0.1) is 0 Å². The Kier molecular flexibility index (Phi) is 8.22. The van der Waals surface area contributed by atoms with Crippen molar-refractivity contribution < 1.29 is 14.3 Å². The zero-order chi connectivity index (χ0) is 23.8. The number of methoxy groups -OCH3 is 2. The summed E-state index contributed by atoms with van der Waals surface area (Å²) in [6, 6.07) is 26.9. The lowest BCUT2D eigenvalue weighted by Crippen LogP contribution is -2.51. The molecule has 3 aromatic carbocycles. The maximum atomic E-state index is 12.3. The number of hydrogen-bond donors (Lipinski definition) is 1. The summed E-state index contributed by atoms with van der Waals surface area (Å²) in [7, 11) is 3.18.